The molecular formula is C21H23NO. The molecule has 1 aliphatic rings. The maximum absolute atomic E-state index is 13.3. The Morgan fingerprint density at radius 1 is 1.04 bits per heavy atom. The first-order chi connectivity index (χ1) is 11.3. The van der Waals surface area contributed by atoms with E-state index in [0.29, 0.717) is 13.0 Å². The molecule has 118 valence electrons. The summed E-state index contributed by atoms with van der Waals surface area (Å²) in [4.78, 5) is 15.3. The zero-order valence-electron chi connectivity index (χ0n) is 13.4. The summed E-state index contributed by atoms with van der Waals surface area (Å²) in [6.07, 6.45) is 4.51. The van der Waals surface area contributed by atoms with Crippen LogP contribution in [0.25, 0.3) is 0 Å². The third-order valence-electron chi connectivity index (χ3n) is 4.76. The molecule has 0 aromatic heterocycles. The van der Waals surface area contributed by atoms with E-state index in [9.17, 15) is 4.79 Å². The molecule has 1 fully saturated rings. The Bertz CT molecular complexity index is 665. The second kappa shape index (κ2) is 6.82. The van der Waals surface area contributed by atoms with Gasteiger partial charge in [0, 0.05) is 13.1 Å². The number of hydrogen-bond acceptors (Lipinski definition) is 1. The summed E-state index contributed by atoms with van der Waals surface area (Å²) in [5.74, 6) is 0.235. The van der Waals surface area contributed by atoms with Crippen LogP contribution in [0, 0.1) is 0 Å². The van der Waals surface area contributed by atoms with Crippen LogP contribution >= 0.6 is 0 Å². The van der Waals surface area contributed by atoms with Crippen molar-refractivity contribution in [3.05, 3.63) is 84.4 Å². The van der Waals surface area contributed by atoms with Gasteiger partial charge in [-0.2, -0.15) is 0 Å². The smallest absolute Gasteiger partial charge is 0.233 e. The molecule has 1 heterocycles. The number of carbonyl (C=O) groups excluding carboxylic acids is 1. The summed E-state index contributed by atoms with van der Waals surface area (Å²) in [7, 11) is 0. The van der Waals surface area contributed by atoms with E-state index in [1.54, 1.807) is 0 Å². The molecule has 2 aromatic rings. The summed E-state index contributed by atoms with van der Waals surface area (Å²) in [6.45, 7) is 5.42. The molecule has 2 heteroatoms. The predicted molar refractivity (Wildman–Crippen MR) is 94.0 cm³/mol. The van der Waals surface area contributed by atoms with Crippen LogP contribution in [0.1, 0.15) is 30.4 Å². The molecule has 1 amide bonds. The van der Waals surface area contributed by atoms with E-state index < -0.39 is 5.41 Å². The lowest BCUT2D eigenvalue weighted by Crippen LogP contribution is -2.50. The van der Waals surface area contributed by atoms with Crippen molar-refractivity contribution in [3.8, 4) is 0 Å². The predicted octanol–water partition coefficient (Wildman–Crippen LogP) is 4.32. The molecule has 2 nitrogen and oxygen atoms in total. The van der Waals surface area contributed by atoms with Gasteiger partial charge in [0.05, 0.1) is 5.41 Å². The number of benzene rings is 2. The Morgan fingerprint density at radius 3 is 2.35 bits per heavy atom. The molecule has 0 bridgehead atoms. The van der Waals surface area contributed by atoms with Gasteiger partial charge in [-0.15, -0.1) is 6.58 Å². The van der Waals surface area contributed by atoms with Gasteiger partial charge >= 0.3 is 0 Å². The highest BCUT2D eigenvalue weighted by atomic mass is 16.2. The zero-order chi connectivity index (χ0) is 16.1. The number of amides is 1. The van der Waals surface area contributed by atoms with Gasteiger partial charge in [-0.3, -0.25) is 4.79 Å². The van der Waals surface area contributed by atoms with Crippen molar-refractivity contribution < 1.29 is 4.79 Å². The highest BCUT2D eigenvalue weighted by Crippen LogP contribution is 2.39. The van der Waals surface area contributed by atoms with Crippen LogP contribution < -0.4 is 0 Å². The molecule has 3 rings (SSSR count). The molecule has 0 radical (unpaired) electrons. The minimum atomic E-state index is -0.448. The molecule has 1 atom stereocenters. The second-order valence-corrected chi connectivity index (χ2v) is 6.26. The molecule has 1 aliphatic heterocycles. The number of allylic oxidation sites excluding steroid dienone is 1. The summed E-state index contributed by atoms with van der Waals surface area (Å²) in [6, 6.07) is 20.4. The topological polar surface area (TPSA) is 20.3 Å². The average Bonchev–Trinajstić information content (AvgIpc) is 2.60. The standard InChI is InChI=1S/C21H23NO/c1-2-14-21(19-12-7-4-8-13-19)15-9-16-22(20(21)23)17-18-10-5-3-6-11-18/h2-8,10-13H,1,9,14-17H2. The minimum Gasteiger partial charge on any atom is -0.338 e. The van der Waals surface area contributed by atoms with Crippen LogP contribution in [0.15, 0.2) is 73.3 Å². The first-order valence-corrected chi connectivity index (χ1v) is 8.26. The molecule has 1 unspecified atom stereocenters. The van der Waals surface area contributed by atoms with Gasteiger partial charge in [0.1, 0.15) is 0 Å². The fraction of sp³-hybridized carbons (Fsp3) is 0.286. The fourth-order valence-corrected chi connectivity index (χ4v) is 3.62. The van der Waals surface area contributed by atoms with Gasteiger partial charge < -0.3 is 4.90 Å². The highest BCUT2D eigenvalue weighted by molar-refractivity contribution is 5.89. The summed E-state index contributed by atoms with van der Waals surface area (Å²) in [5, 5.41) is 0. The van der Waals surface area contributed by atoms with E-state index >= 15 is 0 Å². The highest BCUT2D eigenvalue weighted by Gasteiger charge is 2.44. The number of rotatable bonds is 5. The maximum atomic E-state index is 13.3. The largest absolute Gasteiger partial charge is 0.338 e. The lowest BCUT2D eigenvalue weighted by molar-refractivity contribution is -0.141. The molecule has 1 saturated heterocycles. The Morgan fingerprint density at radius 2 is 1.70 bits per heavy atom. The summed E-state index contributed by atoms with van der Waals surface area (Å²) < 4.78 is 0. The number of likely N-dealkylation sites (tertiary alicyclic amines) is 1. The Hall–Kier alpha value is -2.35. The SMILES string of the molecule is C=CCC1(c2ccccc2)CCCN(Cc2ccccc2)C1=O. The van der Waals surface area contributed by atoms with Crippen LogP contribution in [-0.2, 0) is 16.8 Å². The Balaban J connectivity index is 1.91. The first-order valence-electron chi connectivity index (χ1n) is 8.26. The lowest BCUT2D eigenvalue weighted by atomic mass is 9.71. The molecule has 0 spiro atoms. The molecule has 0 N–H and O–H groups in total. The molecule has 0 aliphatic carbocycles. The monoisotopic (exact) mass is 305 g/mol. The van der Waals surface area contributed by atoms with Gasteiger partial charge in [0.2, 0.25) is 5.91 Å². The average molecular weight is 305 g/mol. The van der Waals surface area contributed by atoms with Gasteiger partial charge in [-0.05, 0) is 30.4 Å². The molecular weight excluding hydrogens is 282 g/mol. The van der Waals surface area contributed by atoms with Crippen LogP contribution in [0.4, 0.5) is 0 Å². The van der Waals surface area contributed by atoms with Crippen molar-refractivity contribution in [2.24, 2.45) is 0 Å². The van der Waals surface area contributed by atoms with Crippen molar-refractivity contribution >= 4 is 5.91 Å². The number of carbonyl (C=O) groups is 1. The van der Waals surface area contributed by atoms with Crippen LogP contribution in [0.3, 0.4) is 0 Å². The van der Waals surface area contributed by atoms with Crippen LogP contribution in [0.5, 0.6) is 0 Å². The van der Waals surface area contributed by atoms with Crippen molar-refractivity contribution in [2.45, 2.75) is 31.2 Å². The minimum absolute atomic E-state index is 0.235. The second-order valence-electron chi connectivity index (χ2n) is 6.26. The van der Waals surface area contributed by atoms with Crippen molar-refractivity contribution in [3.63, 3.8) is 0 Å². The van der Waals surface area contributed by atoms with E-state index in [4.69, 9.17) is 0 Å². The summed E-state index contributed by atoms with van der Waals surface area (Å²) >= 11 is 0. The van der Waals surface area contributed by atoms with Crippen LogP contribution in [0.2, 0.25) is 0 Å². The van der Waals surface area contributed by atoms with E-state index in [2.05, 4.69) is 30.8 Å². The molecule has 0 saturated carbocycles. The lowest BCUT2D eigenvalue weighted by Gasteiger charge is -2.42. The van der Waals surface area contributed by atoms with Crippen molar-refractivity contribution in [2.75, 3.05) is 6.54 Å². The van der Waals surface area contributed by atoms with E-state index in [1.807, 2.05) is 47.4 Å². The molecule has 23 heavy (non-hydrogen) atoms. The number of piperidine rings is 1. The third-order valence-corrected chi connectivity index (χ3v) is 4.76. The van der Waals surface area contributed by atoms with Gasteiger partial charge in [0.15, 0.2) is 0 Å². The van der Waals surface area contributed by atoms with Gasteiger partial charge in [-0.25, -0.2) is 0 Å². The van der Waals surface area contributed by atoms with Gasteiger partial charge in [-0.1, -0.05) is 66.7 Å². The summed E-state index contributed by atoms with van der Waals surface area (Å²) in [5.41, 5.74) is 1.85. The quantitative estimate of drug-likeness (QED) is 0.753. The van der Waals surface area contributed by atoms with E-state index in [1.165, 1.54) is 5.56 Å². The van der Waals surface area contributed by atoms with Crippen molar-refractivity contribution in [1.82, 2.24) is 4.90 Å². The van der Waals surface area contributed by atoms with Gasteiger partial charge in [0.25, 0.3) is 0 Å². The number of nitrogens with zero attached hydrogens (tertiary/aromatic N) is 1. The normalized spacial score (nSPS) is 21.2. The third kappa shape index (κ3) is 3.07. The molecule has 2 aromatic carbocycles. The van der Waals surface area contributed by atoms with Crippen LogP contribution in [-0.4, -0.2) is 17.4 Å². The number of hydrogen-bond donors (Lipinski definition) is 0. The Kier molecular flexibility index (Phi) is 4.61. The maximum Gasteiger partial charge on any atom is 0.233 e. The zero-order valence-corrected chi connectivity index (χ0v) is 13.4. The van der Waals surface area contributed by atoms with E-state index in [0.717, 1.165) is 24.9 Å². The first kappa shape index (κ1) is 15.5. The van der Waals surface area contributed by atoms with Crippen molar-refractivity contribution in [1.29, 1.82) is 0 Å². The Labute approximate surface area is 138 Å². The fourth-order valence-electron chi connectivity index (χ4n) is 3.62. The van der Waals surface area contributed by atoms with E-state index in [-0.39, 0.29) is 5.91 Å².